The van der Waals surface area contributed by atoms with Gasteiger partial charge in [0.2, 0.25) is 0 Å². The first-order chi connectivity index (χ1) is 14.2. The largest absolute Gasteiger partial charge is 0.507 e. The Kier molecular flexibility index (Phi) is 4.41. The average Bonchev–Trinajstić information content (AvgIpc) is 3.18. The Morgan fingerprint density at radius 2 is 1.66 bits per heavy atom. The Balaban J connectivity index is 1.49. The molecule has 1 fully saturated rings. The molecule has 0 bridgehead atoms. The van der Waals surface area contributed by atoms with E-state index in [1.165, 1.54) is 5.69 Å². The van der Waals surface area contributed by atoms with Gasteiger partial charge in [0, 0.05) is 43.0 Å². The van der Waals surface area contributed by atoms with Gasteiger partial charge in [0.05, 0.1) is 11.2 Å². The highest BCUT2D eigenvalue weighted by atomic mass is 16.3. The molecule has 6 nitrogen and oxygen atoms in total. The standard InChI is InChI=1S/C23H23N5O/c1-27-12-14-28(15-13-27)17-8-6-16(7-9-17)22-23-20(25-26-22)11-10-19(24-23)18-4-2-3-5-21(18)29/h2-11,29H,12-15H2,1H3,(H,25,26). The van der Waals surface area contributed by atoms with Crippen LogP contribution in [0.4, 0.5) is 5.69 Å². The summed E-state index contributed by atoms with van der Waals surface area (Å²) in [5, 5.41) is 17.7. The normalized spacial score (nSPS) is 15.1. The minimum absolute atomic E-state index is 0.223. The molecule has 1 aliphatic heterocycles. The predicted molar refractivity (Wildman–Crippen MR) is 116 cm³/mol. The van der Waals surface area contributed by atoms with E-state index >= 15 is 0 Å². The molecule has 2 aromatic heterocycles. The smallest absolute Gasteiger partial charge is 0.124 e. The number of hydrogen-bond donors (Lipinski definition) is 2. The van der Waals surface area contributed by atoms with Crippen LogP contribution in [0.2, 0.25) is 0 Å². The van der Waals surface area contributed by atoms with Crippen LogP contribution in [0.25, 0.3) is 33.5 Å². The Labute approximate surface area is 169 Å². The van der Waals surface area contributed by atoms with Gasteiger partial charge in [0.15, 0.2) is 0 Å². The number of H-pyrrole nitrogens is 1. The summed E-state index contributed by atoms with van der Waals surface area (Å²) in [7, 11) is 2.17. The summed E-state index contributed by atoms with van der Waals surface area (Å²) in [6.45, 7) is 4.27. The van der Waals surface area contributed by atoms with E-state index < -0.39 is 0 Å². The van der Waals surface area contributed by atoms with Crippen molar-refractivity contribution in [2.75, 3.05) is 38.1 Å². The lowest BCUT2D eigenvalue weighted by atomic mass is 10.1. The minimum atomic E-state index is 0.223. The predicted octanol–water partition coefficient (Wildman–Crippen LogP) is 3.75. The summed E-state index contributed by atoms with van der Waals surface area (Å²) in [5.74, 6) is 0.223. The van der Waals surface area contributed by atoms with Crippen molar-refractivity contribution in [3.05, 3.63) is 60.7 Å². The second kappa shape index (κ2) is 7.22. The van der Waals surface area contributed by atoms with Crippen LogP contribution >= 0.6 is 0 Å². The zero-order chi connectivity index (χ0) is 19.8. The van der Waals surface area contributed by atoms with Gasteiger partial charge in [-0.05, 0) is 43.4 Å². The Morgan fingerprint density at radius 3 is 2.41 bits per heavy atom. The van der Waals surface area contributed by atoms with E-state index in [1.807, 2.05) is 30.3 Å². The monoisotopic (exact) mass is 385 g/mol. The van der Waals surface area contributed by atoms with Crippen LogP contribution in [-0.2, 0) is 0 Å². The number of aromatic amines is 1. The maximum Gasteiger partial charge on any atom is 0.124 e. The summed E-state index contributed by atoms with van der Waals surface area (Å²) >= 11 is 0. The number of aromatic hydroxyl groups is 1. The number of hydrogen-bond acceptors (Lipinski definition) is 5. The lowest BCUT2D eigenvalue weighted by Gasteiger charge is -2.34. The highest BCUT2D eigenvalue weighted by molar-refractivity contribution is 5.91. The number of phenolic OH excluding ortho intramolecular Hbond substituents is 1. The summed E-state index contributed by atoms with van der Waals surface area (Å²) < 4.78 is 0. The summed E-state index contributed by atoms with van der Waals surface area (Å²) in [6, 6.07) is 19.6. The van der Waals surface area contributed by atoms with Gasteiger partial charge in [-0.3, -0.25) is 5.10 Å². The third-order valence-electron chi connectivity index (χ3n) is 5.60. The van der Waals surface area contributed by atoms with Crippen LogP contribution in [-0.4, -0.2) is 58.4 Å². The number of fused-ring (bicyclic) bond motifs is 1. The van der Waals surface area contributed by atoms with E-state index in [0.717, 1.165) is 54.2 Å². The minimum Gasteiger partial charge on any atom is -0.507 e. The Bertz CT molecular complexity index is 1140. The molecule has 146 valence electrons. The fourth-order valence-corrected chi connectivity index (χ4v) is 3.84. The van der Waals surface area contributed by atoms with Gasteiger partial charge < -0.3 is 14.9 Å². The molecule has 2 N–H and O–H groups in total. The van der Waals surface area contributed by atoms with Gasteiger partial charge in [-0.1, -0.05) is 24.3 Å². The van der Waals surface area contributed by atoms with Crippen LogP contribution in [0.5, 0.6) is 5.75 Å². The third kappa shape index (κ3) is 3.32. The molecule has 0 atom stereocenters. The number of pyridine rings is 1. The molecule has 0 radical (unpaired) electrons. The van der Waals surface area contributed by atoms with Crippen LogP contribution in [0.1, 0.15) is 0 Å². The molecule has 2 aromatic carbocycles. The number of nitrogens with zero attached hydrogens (tertiary/aromatic N) is 4. The SMILES string of the molecule is CN1CCN(c2ccc(-c3n[nH]c4ccc(-c5ccccc5O)nc34)cc2)CC1. The highest BCUT2D eigenvalue weighted by Crippen LogP contribution is 2.32. The topological polar surface area (TPSA) is 68.3 Å². The maximum atomic E-state index is 10.2. The van der Waals surface area contributed by atoms with Gasteiger partial charge in [0.1, 0.15) is 17.0 Å². The molecular formula is C23H23N5O. The summed E-state index contributed by atoms with van der Waals surface area (Å²) in [5.41, 5.74) is 6.21. The number of piperazine rings is 1. The van der Waals surface area contributed by atoms with E-state index in [0.29, 0.717) is 5.56 Å². The Morgan fingerprint density at radius 1 is 0.897 bits per heavy atom. The fraction of sp³-hybridized carbons (Fsp3) is 0.217. The van der Waals surface area contributed by atoms with Crippen LogP contribution in [0.3, 0.4) is 0 Å². The molecule has 0 unspecified atom stereocenters. The van der Waals surface area contributed by atoms with E-state index in [9.17, 15) is 5.11 Å². The molecule has 0 spiro atoms. The quantitative estimate of drug-likeness (QED) is 0.562. The lowest BCUT2D eigenvalue weighted by Crippen LogP contribution is -2.44. The molecule has 3 heterocycles. The van der Waals surface area contributed by atoms with E-state index in [-0.39, 0.29) is 5.75 Å². The molecule has 6 heteroatoms. The Hall–Kier alpha value is -3.38. The van der Waals surface area contributed by atoms with Gasteiger partial charge in [-0.25, -0.2) is 4.98 Å². The molecule has 0 saturated carbocycles. The molecule has 5 rings (SSSR count). The number of aromatic nitrogens is 3. The molecular weight excluding hydrogens is 362 g/mol. The summed E-state index contributed by atoms with van der Waals surface area (Å²) in [4.78, 5) is 9.57. The number of likely N-dealkylation sites (N-methyl/N-ethyl adjacent to an activating group) is 1. The van der Waals surface area contributed by atoms with Crippen molar-refractivity contribution in [3.8, 4) is 28.3 Å². The molecule has 1 saturated heterocycles. The number of nitrogens with one attached hydrogen (secondary N) is 1. The van der Waals surface area contributed by atoms with E-state index in [2.05, 4.69) is 51.3 Å². The average molecular weight is 385 g/mol. The number of anilines is 1. The lowest BCUT2D eigenvalue weighted by molar-refractivity contribution is 0.313. The van der Waals surface area contributed by atoms with Crippen molar-refractivity contribution in [2.45, 2.75) is 0 Å². The molecule has 4 aromatic rings. The van der Waals surface area contributed by atoms with E-state index in [4.69, 9.17) is 4.98 Å². The third-order valence-corrected chi connectivity index (χ3v) is 5.60. The first-order valence-electron chi connectivity index (χ1n) is 9.86. The zero-order valence-electron chi connectivity index (χ0n) is 16.3. The van der Waals surface area contributed by atoms with Gasteiger partial charge in [-0.2, -0.15) is 5.10 Å². The van der Waals surface area contributed by atoms with Crippen molar-refractivity contribution in [3.63, 3.8) is 0 Å². The van der Waals surface area contributed by atoms with Gasteiger partial charge >= 0.3 is 0 Å². The van der Waals surface area contributed by atoms with Crippen molar-refractivity contribution >= 4 is 16.7 Å². The second-order valence-corrected chi connectivity index (χ2v) is 7.52. The number of rotatable bonds is 3. The number of phenols is 1. The van der Waals surface area contributed by atoms with Crippen LogP contribution in [0.15, 0.2) is 60.7 Å². The maximum absolute atomic E-state index is 10.2. The molecule has 0 aliphatic carbocycles. The molecule has 29 heavy (non-hydrogen) atoms. The summed E-state index contributed by atoms with van der Waals surface area (Å²) in [6.07, 6.45) is 0. The van der Waals surface area contributed by atoms with Crippen molar-refractivity contribution in [2.24, 2.45) is 0 Å². The van der Waals surface area contributed by atoms with Gasteiger partial charge in [-0.15, -0.1) is 0 Å². The van der Waals surface area contributed by atoms with Crippen molar-refractivity contribution in [1.29, 1.82) is 0 Å². The zero-order valence-corrected chi connectivity index (χ0v) is 16.3. The van der Waals surface area contributed by atoms with Crippen LogP contribution < -0.4 is 4.90 Å². The number of para-hydroxylation sites is 1. The molecule has 0 amide bonds. The first kappa shape index (κ1) is 17.7. The first-order valence-corrected chi connectivity index (χ1v) is 9.86. The van der Waals surface area contributed by atoms with E-state index in [1.54, 1.807) is 6.07 Å². The molecule has 1 aliphatic rings. The second-order valence-electron chi connectivity index (χ2n) is 7.52. The van der Waals surface area contributed by atoms with Crippen molar-refractivity contribution in [1.82, 2.24) is 20.1 Å². The van der Waals surface area contributed by atoms with Crippen LogP contribution in [0, 0.1) is 0 Å². The fourth-order valence-electron chi connectivity index (χ4n) is 3.84. The number of benzene rings is 2. The van der Waals surface area contributed by atoms with Crippen molar-refractivity contribution < 1.29 is 5.11 Å². The highest BCUT2D eigenvalue weighted by Gasteiger charge is 2.16. The van der Waals surface area contributed by atoms with Gasteiger partial charge in [0.25, 0.3) is 0 Å².